The van der Waals surface area contributed by atoms with Crippen LogP contribution in [0.3, 0.4) is 0 Å². The molecule has 5 nitrogen and oxygen atoms in total. The third-order valence-electron chi connectivity index (χ3n) is 2.99. The Kier molecular flexibility index (Phi) is 4.42. The van der Waals surface area contributed by atoms with Gasteiger partial charge in [0, 0.05) is 19.3 Å². The Balaban J connectivity index is 1.63. The Morgan fingerprint density at radius 2 is 2.47 bits per heavy atom. The van der Waals surface area contributed by atoms with E-state index in [1.54, 1.807) is 6.20 Å². The number of halogens is 1. The standard InChI is InChI=1S/C11H18BrN5/c12-10-7-16-17(8-10)5-4-14-11(13)15-6-9-2-1-3-9/h7-9H,1-6H2,(H3,13,14,15). The normalized spacial score (nSPS) is 16.9. The molecule has 0 amide bonds. The maximum atomic E-state index is 5.77. The third-order valence-corrected chi connectivity index (χ3v) is 3.40. The molecule has 1 heterocycles. The van der Waals surface area contributed by atoms with E-state index in [2.05, 4.69) is 31.3 Å². The minimum atomic E-state index is 0.545. The molecule has 0 aliphatic heterocycles. The number of nitrogens with one attached hydrogen (secondary N) is 1. The molecule has 1 saturated carbocycles. The van der Waals surface area contributed by atoms with E-state index >= 15 is 0 Å². The Bertz CT molecular complexity index is 383. The van der Waals surface area contributed by atoms with Crippen molar-refractivity contribution in [3.63, 3.8) is 0 Å². The van der Waals surface area contributed by atoms with Crippen molar-refractivity contribution in [2.45, 2.75) is 25.8 Å². The van der Waals surface area contributed by atoms with Crippen molar-refractivity contribution in [1.82, 2.24) is 15.1 Å². The van der Waals surface area contributed by atoms with Crippen LogP contribution in [0.25, 0.3) is 0 Å². The lowest BCUT2D eigenvalue weighted by Gasteiger charge is -2.23. The quantitative estimate of drug-likeness (QED) is 0.637. The molecule has 1 aromatic rings. The van der Waals surface area contributed by atoms with E-state index < -0.39 is 0 Å². The third kappa shape index (κ3) is 4.03. The molecule has 0 aromatic carbocycles. The summed E-state index contributed by atoms with van der Waals surface area (Å²) in [6.07, 6.45) is 7.66. The van der Waals surface area contributed by atoms with Gasteiger partial charge in [0.2, 0.25) is 0 Å². The van der Waals surface area contributed by atoms with Crippen molar-refractivity contribution in [3.8, 4) is 0 Å². The number of rotatable bonds is 5. The van der Waals surface area contributed by atoms with Crippen LogP contribution in [0.5, 0.6) is 0 Å². The van der Waals surface area contributed by atoms with Crippen LogP contribution < -0.4 is 11.1 Å². The largest absolute Gasteiger partial charge is 0.370 e. The number of hydrogen-bond donors (Lipinski definition) is 2. The van der Waals surface area contributed by atoms with Crippen LogP contribution in [-0.4, -0.2) is 28.8 Å². The molecule has 17 heavy (non-hydrogen) atoms. The smallest absolute Gasteiger partial charge is 0.188 e. The number of aliphatic imine (C=N–C) groups is 1. The van der Waals surface area contributed by atoms with Gasteiger partial charge in [-0.25, -0.2) is 0 Å². The maximum absolute atomic E-state index is 5.77. The van der Waals surface area contributed by atoms with Gasteiger partial charge in [0.05, 0.1) is 17.2 Å². The highest BCUT2D eigenvalue weighted by molar-refractivity contribution is 9.10. The molecule has 1 aromatic heterocycles. The van der Waals surface area contributed by atoms with E-state index in [0.29, 0.717) is 5.96 Å². The maximum Gasteiger partial charge on any atom is 0.188 e. The molecule has 0 radical (unpaired) electrons. The van der Waals surface area contributed by atoms with Gasteiger partial charge >= 0.3 is 0 Å². The van der Waals surface area contributed by atoms with Gasteiger partial charge < -0.3 is 11.1 Å². The average molecular weight is 300 g/mol. The van der Waals surface area contributed by atoms with Crippen molar-refractivity contribution in [3.05, 3.63) is 16.9 Å². The number of aromatic nitrogens is 2. The molecule has 0 saturated heterocycles. The Morgan fingerprint density at radius 3 is 3.06 bits per heavy atom. The van der Waals surface area contributed by atoms with Gasteiger partial charge in [-0.1, -0.05) is 6.42 Å². The SMILES string of the molecule is NC(=NCC1CCC1)NCCn1cc(Br)cn1. The minimum Gasteiger partial charge on any atom is -0.370 e. The molecule has 0 spiro atoms. The summed E-state index contributed by atoms with van der Waals surface area (Å²) in [7, 11) is 0. The highest BCUT2D eigenvalue weighted by Gasteiger charge is 2.16. The molecule has 3 N–H and O–H groups in total. The second-order valence-corrected chi connectivity index (χ2v) is 5.29. The summed E-state index contributed by atoms with van der Waals surface area (Å²) in [5.74, 6) is 1.31. The molecular weight excluding hydrogens is 282 g/mol. The summed E-state index contributed by atoms with van der Waals surface area (Å²) in [6.45, 7) is 2.39. The lowest BCUT2D eigenvalue weighted by molar-refractivity contribution is 0.326. The van der Waals surface area contributed by atoms with Gasteiger partial charge in [-0.15, -0.1) is 0 Å². The van der Waals surface area contributed by atoms with E-state index in [9.17, 15) is 0 Å². The van der Waals surface area contributed by atoms with Crippen LogP contribution >= 0.6 is 15.9 Å². The Morgan fingerprint density at radius 1 is 1.65 bits per heavy atom. The van der Waals surface area contributed by atoms with Crippen molar-refractivity contribution in [1.29, 1.82) is 0 Å². The van der Waals surface area contributed by atoms with Gasteiger partial charge in [0.15, 0.2) is 5.96 Å². The second-order valence-electron chi connectivity index (χ2n) is 4.37. The predicted molar refractivity (Wildman–Crippen MR) is 71.8 cm³/mol. The fraction of sp³-hybridized carbons (Fsp3) is 0.636. The van der Waals surface area contributed by atoms with Crippen molar-refractivity contribution >= 4 is 21.9 Å². The van der Waals surface area contributed by atoms with Crippen LogP contribution in [0.15, 0.2) is 21.9 Å². The highest BCUT2D eigenvalue weighted by Crippen LogP contribution is 2.26. The summed E-state index contributed by atoms with van der Waals surface area (Å²) in [6, 6.07) is 0. The molecule has 94 valence electrons. The Hall–Kier alpha value is -1.04. The zero-order valence-electron chi connectivity index (χ0n) is 9.77. The Labute approximate surface area is 110 Å². The highest BCUT2D eigenvalue weighted by atomic mass is 79.9. The molecule has 1 aliphatic carbocycles. The molecule has 0 atom stereocenters. The van der Waals surface area contributed by atoms with E-state index in [0.717, 1.165) is 30.0 Å². The summed E-state index contributed by atoms with van der Waals surface area (Å²) in [5, 5.41) is 7.25. The van der Waals surface area contributed by atoms with Crippen LogP contribution in [0.1, 0.15) is 19.3 Å². The lowest BCUT2D eigenvalue weighted by Crippen LogP contribution is -2.35. The van der Waals surface area contributed by atoms with Gasteiger partial charge in [-0.3, -0.25) is 9.67 Å². The van der Waals surface area contributed by atoms with Gasteiger partial charge in [0.1, 0.15) is 0 Å². The van der Waals surface area contributed by atoms with Gasteiger partial charge in [0.25, 0.3) is 0 Å². The molecule has 1 aliphatic rings. The van der Waals surface area contributed by atoms with Gasteiger partial charge in [-0.2, -0.15) is 5.10 Å². The van der Waals surface area contributed by atoms with Crippen molar-refractivity contribution in [2.24, 2.45) is 16.6 Å². The second kappa shape index (κ2) is 6.05. The number of nitrogens with zero attached hydrogens (tertiary/aromatic N) is 3. The fourth-order valence-corrected chi connectivity index (χ4v) is 2.05. The van der Waals surface area contributed by atoms with Crippen molar-refractivity contribution < 1.29 is 0 Å². The van der Waals surface area contributed by atoms with Crippen LogP contribution in [0.4, 0.5) is 0 Å². The first-order valence-electron chi connectivity index (χ1n) is 5.96. The summed E-state index contributed by atoms with van der Waals surface area (Å²) in [4.78, 5) is 4.33. The molecular formula is C11H18BrN5. The van der Waals surface area contributed by atoms with Crippen molar-refractivity contribution in [2.75, 3.05) is 13.1 Å². The first kappa shape index (κ1) is 12.4. The number of guanidine groups is 1. The summed E-state index contributed by atoms with van der Waals surface area (Å²) < 4.78 is 2.85. The van der Waals surface area contributed by atoms with E-state index in [4.69, 9.17) is 5.73 Å². The fourth-order valence-electron chi connectivity index (χ4n) is 1.72. The van der Waals surface area contributed by atoms with E-state index in [-0.39, 0.29) is 0 Å². The van der Waals surface area contributed by atoms with E-state index in [1.807, 2.05) is 10.9 Å². The number of nitrogens with two attached hydrogens (primary N) is 1. The van der Waals surface area contributed by atoms with Crippen LogP contribution in [0, 0.1) is 5.92 Å². The lowest BCUT2D eigenvalue weighted by atomic mass is 9.86. The van der Waals surface area contributed by atoms with Crippen LogP contribution in [0.2, 0.25) is 0 Å². The first-order valence-corrected chi connectivity index (χ1v) is 6.75. The minimum absolute atomic E-state index is 0.545. The number of hydrogen-bond acceptors (Lipinski definition) is 2. The zero-order chi connectivity index (χ0) is 12.1. The van der Waals surface area contributed by atoms with Gasteiger partial charge in [-0.05, 0) is 34.7 Å². The van der Waals surface area contributed by atoms with Crippen LogP contribution in [-0.2, 0) is 6.54 Å². The topological polar surface area (TPSA) is 68.2 Å². The molecule has 2 rings (SSSR count). The summed E-state index contributed by atoms with van der Waals surface area (Å²) in [5.41, 5.74) is 5.77. The monoisotopic (exact) mass is 299 g/mol. The molecule has 1 fully saturated rings. The summed E-state index contributed by atoms with van der Waals surface area (Å²) >= 11 is 3.36. The molecule has 6 heteroatoms. The van der Waals surface area contributed by atoms with E-state index in [1.165, 1.54) is 19.3 Å². The first-order chi connectivity index (χ1) is 8.24. The zero-order valence-corrected chi connectivity index (χ0v) is 11.4. The molecule has 0 bridgehead atoms. The molecule has 0 unspecified atom stereocenters. The average Bonchev–Trinajstić information content (AvgIpc) is 2.62. The predicted octanol–water partition coefficient (Wildman–Crippen LogP) is 1.35.